The molecule has 0 aromatic carbocycles. The molecule has 1 aromatic heterocycles. The molecular weight excluding hydrogens is 280 g/mol. The second-order valence-corrected chi connectivity index (χ2v) is 4.67. The van der Waals surface area contributed by atoms with Gasteiger partial charge in [0.25, 0.3) is 0 Å². The number of carbonyl (C=O) groups is 2. The first-order valence-corrected chi connectivity index (χ1v) is 6.38. The third-order valence-electron chi connectivity index (χ3n) is 2.90. The third-order valence-corrected chi connectivity index (χ3v) is 2.90. The van der Waals surface area contributed by atoms with Gasteiger partial charge >= 0.3 is 11.7 Å². The van der Waals surface area contributed by atoms with E-state index in [0.29, 0.717) is 0 Å². The number of aromatic carboxylic acids is 1. The first-order chi connectivity index (χ1) is 9.97. The Morgan fingerprint density at radius 3 is 2.76 bits per heavy atom. The van der Waals surface area contributed by atoms with Gasteiger partial charge in [-0.25, -0.2) is 9.78 Å². The van der Waals surface area contributed by atoms with Crippen LogP contribution in [0, 0.1) is 10.1 Å². The van der Waals surface area contributed by atoms with Gasteiger partial charge in [-0.05, 0) is 12.8 Å². The summed E-state index contributed by atoms with van der Waals surface area (Å²) in [7, 11) is 0. The molecule has 2 rings (SSSR count). The van der Waals surface area contributed by atoms with E-state index in [4.69, 9.17) is 5.11 Å². The quantitative estimate of drug-likeness (QED) is 0.499. The lowest BCUT2D eigenvalue weighted by Gasteiger charge is -2.07. The highest BCUT2D eigenvalue weighted by molar-refractivity contribution is 5.88. The summed E-state index contributed by atoms with van der Waals surface area (Å²) < 4.78 is 0. The zero-order valence-corrected chi connectivity index (χ0v) is 11.0. The number of hydrogen-bond donors (Lipinski definition) is 3. The normalized spacial score (nSPS) is 13.5. The molecule has 0 saturated heterocycles. The SMILES string of the molecule is O=C(CCNc1ncc(C(=O)O)cc1[N+](=O)[O-])NC1CC1. The van der Waals surface area contributed by atoms with Crippen molar-refractivity contribution in [2.24, 2.45) is 0 Å². The number of amides is 1. The van der Waals surface area contributed by atoms with Crippen molar-refractivity contribution in [3.8, 4) is 0 Å². The topological polar surface area (TPSA) is 134 Å². The zero-order valence-electron chi connectivity index (χ0n) is 11.0. The summed E-state index contributed by atoms with van der Waals surface area (Å²) in [6.45, 7) is 0.179. The molecule has 0 spiro atoms. The Labute approximate surface area is 119 Å². The second-order valence-electron chi connectivity index (χ2n) is 4.67. The van der Waals surface area contributed by atoms with Gasteiger partial charge in [-0.3, -0.25) is 14.9 Å². The summed E-state index contributed by atoms with van der Waals surface area (Å²) in [6, 6.07) is 1.20. The van der Waals surface area contributed by atoms with E-state index in [1.54, 1.807) is 0 Å². The van der Waals surface area contributed by atoms with Gasteiger partial charge < -0.3 is 15.7 Å². The first-order valence-electron chi connectivity index (χ1n) is 6.38. The molecule has 0 bridgehead atoms. The summed E-state index contributed by atoms with van der Waals surface area (Å²) >= 11 is 0. The van der Waals surface area contributed by atoms with E-state index >= 15 is 0 Å². The van der Waals surface area contributed by atoms with Crippen molar-refractivity contribution in [2.45, 2.75) is 25.3 Å². The number of anilines is 1. The Bertz CT molecular complexity index is 585. The largest absolute Gasteiger partial charge is 0.478 e. The molecule has 1 fully saturated rings. The van der Waals surface area contributed by atoms with Crippen LogP contribution < -0.4 is 10.6 Å². The summed E-state index contributed by atoms with van der Waals surface area (Å²) in [6.07, 6.45) is 3.17. The molecule has 1 heterocycles. The number of carboxylic acid groups (broad SMARTS) is 1. The molecule has 1 aromatic rings. The number of aromatic nitrogens is 1. The summed E-state index contributed by atoms with van der Waals surface area (Å²) in [5.74, 6) is -1.47. The van der Waals surface area contributed by atoms with Crippen LogP contribution in [0.25, 0.3) is 0 Å². The van der Waals surface area contributed by atoms with Crippen LogP contribution in [0.15, 0.2) is 12.3 Å². The molecule has 0 radical (unpaired) electrons. The number of nitrogens with zero attached hydrogens (tertiary/aromatic N) is 2. The number of nitro groups is 1. The van der Waals surface area contributed by atoms with Gasteiger partial charge in [-0.2, -0.15) is 0 Å². The van der Waals surface area contributed by atoms with E-state index in [9.17, 15) is 19.7 Å². The van der Waals surface area contributed by atoms with Crippen molar-refractivity contribution in [1.82, 2.24) is 10.3 Å². The van der Waals surface area contributed by atoms with Gasteiger partial charge in [-0.15, -0.1) is 0 Å². The van der Waals surface area contributed by atoms with E-state index < -0.39 is 16.6 Å². The van der Waals surface area contributed by atoms with Crippen LogP contribution in [0.5, 0.6) is 0 Å². The zero-order chi connectivity index (χ0) is 15.4. The lowest BCUT2D eigenvalue weighted by atomic mass is 10.2. The summed E-state index contributed by atoms with van der Waals surface area (Å²) in [5, 5.41) is 25.2. The number of carboxylic acids is 1. The van der Waals surface area contributed by atoms with E-state index in [1.807, 2.05) is 0 Å². The Morgan fingerprint density at radius 2 is 2.19 bits per heavy atom. The summed E-state index contributed by atoms with van der Waals surface area (Å²) in [4.78, 5) is 36.1. The molecule has 0 unspecified atom stereocenters. The fourth-order valence-corrected chi connectivity index (χ4v) is 1.67. The molecule has 1 amide bonds. The Hall–Kier alpha value is -2.71. The molecular formula is C12H14N4O5. The maximum atomic E-state index is 11.5. The standard InChI is InChI=1S/C12H14N4O5/c17-10(15-8-1-2-8)3-4-13-11-9(16(20)21)5-7(6-14-11)12(18)19/h5-6,8H,1-4H2,(H,13,14)(H,15,17)(H,18,19). The minimum absolute atomic E-state index is 0.0516. The number of carbonyl (C=O) groups excluding carboxylic acids is 1. The van der Waals surface area contributed by atoms with Crippen LogP contribution in [0.2, 0.25) is 0 Å². The fourth-order valence-electron chi connectivity index (χ4n) is 1.67. The lowest BCUT2D eigenvalue weighted by Crippen LogP contribution is -2.27. The van der Waals surface area contributed by atoms with E-state index in [2.05, 4.69) is 15.6 Å². The van der Waals surface area contributed by atoms with Crippen molar-refractivity contribution in [2.75, 3.05) is 11.9 Å². The molecule has 0 atom stereocenters. The van der Waals surface area contributed by atoms with Gasteiger partial charge in [-0.1, -0.05) is 0 Å². The highest BCUT2D eigenvalue weighted by Gasteiger charge is 2.23. The number of rotatable bonds is 7. The molecule has 9 nitrogen and oxygen atoms in total. The molecule has 1 saturated carbocycles. The minimum atomic E-state index is -1.29. The average molecular weight is 294 g/mol. The molecule has 1 aliphatic carbocycles. The number of hydrogen-bond acceptors (Lipinski definition) is 6. The van der Waals surface area contributed by atoms with Crippen molar-refractivity contribution < 1.29 is 19.6 Å². The molecule has 9 heteroatoms. The van der Waals surface area contributed by atoms with Gasteiger partial charge in [0.2, 0.25) is 11.7 Å². The van der Waals surface area contributed by atoms with Crippen molar-refractivity contribution in [3.63, 3.8) is 0 Å². The van der Waals surface area contributed by atoms with Crippen LogP contribution in [-0.2, 0) is 4.79 Å². The summed E-state index contributed by atoms with van der Waals surface area (Å²) in [5.41, 5.74) is -0.698. The molecule has 112 valence electrons. The van der Waals surface area contributed by atoms with E-state index in [1.165, 1.54) is 0 Å². The van der Waals surface area contributed by atoms with Gasteiger partial charge in [0.05, 0.1) is 10.5 Å². The van der Waals surface area contributed by atoms with E-state index in [0.717, 1.165) is 25.1 Å². The van der Waals surface area contributed by atoms with Crippen LogP contribution in [0.3, 0.4) is 0 Å². The van der Waals surface area contributed by atoms with Crippen LogP contribution in [0.4, 0.5) is 11.5 Å². The smallest absolute Gasteiger partial charge is 0.337 e. The van der Waals surface area contributed by atoms with Gasteiger partial charge in [0.1, 0.15) is 0 Å². The van der Waals surface area contributed by atoms with Crippen molar-refractivity contribution in [3.05, 3.63) is 27.9 Å². The highest BCUT2D eigenvalue weighted by Crippen LogP contribution is 2.23. The number of pyridine rings is 1. The minimum Gasteiger partial charge on any atom is -0.478 e. The molecule has 0 aliphatic heterocycles. The Morgan fingerprint density at radius 1 is 1.48 bits per heavy atom. The predicted molar refractivity (Wildman–Crippen MR) is 72.1 cm³/mol. The monoisotopic (exact) mass is 294 g/mol. The highest BCUT2D eigenvalue weighted by atomic mass is 16.6. The third kappa shape index (κ3) is 4.13. The van der Waals surface area contributed by atoms with Crippen molar-refractivity contribution in [1.29, 1.82) is 0 Å². The van der Waals surface area contributed by atoms with Gasteiger partial charge in [0.15, 0.2) is 0 Å². The molecule has 1 aliphatic rings. The van der Waals surface area contributed by atoms with Crippen LogP contribution in [0.1, 0.15) is 29.6 Å². The Kier molecular flexibility index (Phi) is 4.31. The molecule has 21 heavy (non-hydrogen) atoms. The maximum absolute atomic E-state index is 11.5. The number of nitrogens with one attached hydrogen (secondary N) is 2. The fraction of sp³-hybridized carbons (Fsp3) is 0.417. The first kappa shape index (κ1) is 14.7. The van der Waals surface area contributed by atoms with Gasteiger partial charge in [0, 0.05) is 31.3 Å². The van der Waals surface area contributed by atoms with E-state index in [-0.39, 0.29) is 36.3 Å². The Balaban J connectivity index is 1.96. The van der Waals surface area contributed by atoms with Crippen LogP contribution >= 0.6 is 0 Å². The maximum Gasteiger partial charge on any atom is 0.337 e. The van der Waals surface area contributed by atoms with Crippen molar-refractivity contribution >= 4 is 23.4 Å². The lowest BCUT2D eigenvalue weighted by molar-refractivity contribution is -0.384. The van der Waals surface area contributed by atoms with Crippen LogP contribution in [-0.4, -0.2) is 39.5 Å². The predicted octanol–water partition coefficient (Wildman–Crippen LogP) is 0.769. The molecule has 3 N–H and O–H groups in total. The average Bonchev–Trinajstić information content (AvgIpc) is 3.22. The second kappa shape index (κ2) is 6.16.